The number of hydrogen-bond donors (Lipinski definition) is 1. The molecule has 0 saturated carbocycles. The molecule has 2 aromatic carbocycles. The normalized spacial score (nSPS) is 12.6. The Kier molecular flexibility index (Phi) is 3.27. The average molecular weight is 316 g/mol. The number of para-hydroxylation sites is 1. The minimum absolute atomic E-state index is 0.0174. The summed E-state index contributed by atoms with van der Waals surface area (Å²) in [6.07, 6.45) is 5.79. The van der Waals surface area contributed by atoms with Gasteiger partial charge in [0.2, 0.25) is 0 Å². The molecular formula is C20H20N4. The molecule has 0 unspecified atom stereocenters. The topological polar surface area (TPSA) is 46.0 Å². The van der Waals surface area contributed by atoms with Gasteiger partial charge in [-0.25, -0.2) is 4.98 Å². The third-order valence-corrected chi connectivity index (χ3v) is 4.23. The van der Waals surface area contributed by atoms with E-state index in [9.17, 15) is 0 Å². The minimum Gasteiger partial charge on any atom is -0.361 e. The molecule has 4 rings (SSSR count). The standard InChI is InChI=1S/C20H20N4/c1-20(2,3)24-13-23-18-10-15(8-9-19(18)24)21-11-14-12-22-17-7-5-4-6-16(14)17/h4-13,22H,1-3H3. The van der Waals surface area contributed by atoms with Crippen molar-refractivity contribution in [2.24, 2.45) is 4.99 Å². The van der Waals surface area contributed by atoms with E-state index >= 15 is 0 Å². The second-order valence-corrected chi connectivity index (χ2v) is 7.01. The Labute approximate surface area is 140 Å². The predicted octanol–water partition coefficient (Wildman–Crippen LogP) is 5.02. The molecule has 0 fully saturated rings. The van der Waals surface area contributed by atoms with Gasteiger partial charge in [-0.05, 0) is 45.0 Å². The van der Waals surface area contributed by atoms with Crippen LogP contribution in [0, 0.1) is 0 Å². The van der Waals surface area contributed by atoms with Crippen molar-refractivity contribution in [3.8, 4) is 0 Å². The van der Waals surface area contributed by atoms with Gasteiger partial charge in [-0.1, -0.05) is 18.2 Å². The van der Waals surface area contributed by atoms with Crippen molar-refractivity contribution in [3.63, 3.8) is 0 Å². The second-order valence-electron chi connectivity index (χ2n) is 7.01. The fourth-order valence-corrected chi connectivity index (χ4v) is 2.96. The molecule has 4 nitrogen and oxygen atoms in total. The van der Waals surface area contributed by atoms with Crippen LogP contribution in [0.3, 0.4) is 0 Å². The van der Waals surface area contributed by atoms with Gasteiger partial charge >= 0.3 is 0 Å². The zero-order valence-corrected chi connectivity index (χ0v) is 14.1. The number of H-pyrrole nitrogens is 1. The van der Waals surface area contributed by atoms with Gasteiger partial charge in [-0.3, -0.25) is 4.99 Å². The van der Waals surface area contributed by atoms with Crippen molar-refractivity contribution in [3.05, 3.63) is 60.6 Å². The number of benzene rings is 2. The summed E-state index contributed by atoms with van der Waals surface area (Å²) in [4.78, 5) is 12.4. The van der Waals surface area contributed by atoms with E-state index in [1.807, 2.05) is 43.0 Å². The maximum absolute atomic E-state index is 4.63. The van der Waals surface area contributed by atoms with Gasteiger partial charge in [-0.15, -0.1) is 0 Å². The first-order valence-electron chi connectivity index (χ1n) is 8.10. The van der Waals surface area contributed by atoms with Gasteiger partial charge < -0.3 is 9.55 Å². The highest BCUT2D eigenvalue weighted by molar-refractivity contribution is 5.99. The molecule has 0 aliphatic carbocycles. The molecule has 0 atom stereocenters. The van der Waals surface area contributed by atoms with Gasteiger partial charge in [0.15, 0.2) is 0 Å². The lowest BCUT2D eigenvalue weighted by Gasteiger charge is -2.21. The summed E-state index contributed by atoms with van der Waals surface area (Å²) >= 11 is 0. The van der Waals surface area contributed by atoms with Crippen LogP contribution in [-0.2, 0) is 5.54 Å². The molecule has 2 heterocycles. The Bertz CT molecular complexity index is 1040. The molecule has 0 bridgehead atoms. The number of fused-ring (bicyclic) bond motifs is 2. The third kappa shape index (κ3) is 2.50. The smallest absolute Gasteiger partial charge is 0.0963 e. The molecule has 0 saturated heterocycles. The number of nitrogens with zero attached hydrogens (tertiary/aromatic N) is 3. The Balaban J connectivity index is 1.70. The van der Waals surface area contributed by atoms with Crippen molar-refractivity contribution in [1.82, 2.24) is 14.5 Å². The number of hydrogen-bond acceptors (Lipinski definition) is 2. The highest BCUT2D eigenvalue weighted by Gasteiger charge is 2.15. The van der Waals surface area contributed by atoms with Crippen LogP contribution < -0.4 is 0 Å². The van der Waals surface area contributed by atoms with E-state index in [2.05, 4.69) is 58.5 Å². The van der Waals surface area contributed by atoms with Crippen molar-refractivity contribution in [1.29, 1.82) is 0 Å². The molecule has 24 heavy (non-hydrogen) atoms. The summed E-state index contributed by atoms with van der Waals surface area (Å²) in [6, 6.07) is 14.4. The van der Waals surface area contributed by atoms with Gasteiger partial charge in [0, 0.05) is 34.4 Å². The Morgan fingerprint density at radius 1 is 1.12 bits per heavy atom. The number of rotatable bonds is 2. The molecule has 0 amide bonds. The van der Waals surface area contributed by atoms with Gasteiger partial charge in [0.1, 0.15) is 0 Å². The Morgan fingerprint density at radius 3 is 2.79 bits per heavy atom. The summed E-state index contributed by atoms with van der Waals surface area (Å²) in [5.74, 6) is 0. The second kappa shape index (κ2) is 5.34. The van der Waals surface area contributed by atoms with Gasteiger partial charge in [-0.2, -0.15) is 0 Å². The highest BCUT2D eigenvalue weighted by Crippen LogP contribution is 2.25. The van der Waals surface area contributed by atoms with E-state index in [4.69, 9.17) is 0 Å². The summed E-state index contributed by atoms with van der Waals surface area (Å²) in [7, 11) is 0. The molecule has 0 radical (unpaired) electrons. The van der Waals surface area contributed by atoms with Crippen LogP contribution in [0.4, 0.5) is 5.69 Å². The maximum Gasteiger partial charge on any atom is 0.0963 e. The van der Waals surface area contributed by atoms with E-state index < -0.39 is 0 Å². The maximum atomic E-state index is 4.63. The van der Waals surface area contributed by atoms with Crippen LogP contribution in [0.5, 0.6) is 0 Å². The van der Waals surface area contributed by atoms with Gasteiger partial charge in [0.25, 0.3) is 0 Å². The minimum atomic E-state index is 0.0174. The zero-order valence-electron chi connectivity index (χ0n) is 14.1. The molecule has 4 aromatic rings. The lowest BCUT2D eigenvalue weighted by Crippen LogP contribution is -2.20. The summed E-state index contributed by atoms with van der Waals surface area (Å²) in [5, 5.41) is 1.18. The first-order chi connectivity index (χ1) is 11.5. The highest BCUT2D eigenvalue weighted by atomic mass is 15.1. The average Bonchev–Trinajstić information content (AvgIpc) is 3.16. The number of aromatic amines is 1. The number of aliphatic imine (C=N–C) groups is 1. The molecule has 0 spiro atoms. The molecule has 0 aliphatic rings. The van der Waals surface area contributed by atoms with E-state index in [-0.39, 0.29) is 5.54 Å². The van der Waals surface area contributed by atoms with Crippen LogP contribution in [-0.4, -0.2) is 20.7 Å². The Hall–Kier alpha value is -2.88. The molecule has 4 heteroatoms. The molecular weight excluding hydrogens is 296 g/mol. The fourth-order valence-electron chi connectivity index (χ4n) is 2.96. The van der Waals surface area contributed by atoms with Crippen LogP contribution in [0.25, 0.3) is 21.9 Å². The van der Waals surface area contributed by atoms with Crippen LogP contribution in [0.1, 0.15) is 26.3 Å². The predicted molar refractivity (Wildman–Crippen MR) is 100 cm³/mol. The fraction of sp³-hybridized carbons (Fsp3) is 0.200. The molecule has 120 valence electrons. The van der Waals surface area contributed by atoms with Gasteiger partial charge in [0.05, 0.1) is 23.0 Å². The quantitative estimate of drug-likeness (QED) is 0.518. The molecule has 0 aliphatic heterocycles. The number of nitrogens with one attached hydrogen (secondary N) is 1. The van der Waals surface area contributed by atoms with Crippen molar-refractivity contribution in [2.75, 3.05) is 0 Å². The zero-order chi connectivity index (χ0) is 16.7. The van der Waals surface area contributed by atoms with Crippen molar-refractivity contribution < 1.29 is 0 Å². The summed E-state index contributed by atoms with van der Waals surface area (Å²) < 4.78 is 2.19. The van der Waals surface area contributed by atoms with Crippen LogP contribution in [0.15, 0.2) is 60.0 Å². The van der Waals surface area contributed by atoms with E-state index in [0.29, 0.717) is 0 Å². The third-order valence-electron chi connectivity index (χ3n) is 4.23. The van der Waals surface area contributed by atoms with E-state index in [1.165, 1.54) is 5.39 Å². The molecule has 1 N–H and O–H groups in total. The summed E-state index contributed by atoms with van der Waals surface area (Å²) in [5.41, 5.74) is 5.24. The lowest BCUT2D eigenvalue weighted by molar-refractivity contribution is 0.408. The molecule has 2 aromatic heterocycles. The summed E-state index contributed by atoms with van der Waals surface area (Å²) in [6.45, 7) is 6.53. The first kappa shape index (κ1) is 14.7. The monoisotopic (exact) mass is 316 g/mol. The number of aromatic nitrogens is 3. The van der Waals surface area contributed by atoms with E-state index in [0.717, 1.165) is 27.8 Å². The van der Waals surface area contributed by atoms with E-state index in [1.54, 1.807) is 0 Å². The lowest BCUT2D eigenvalue weighted by atomic mass is 10.1. The SMILES string of the molecule is CC(C)(C)n1cnc2cc(N=Cc3c[nH]c4ccccc34)ccc21. The van der Waals surface area contributed by atoms with Crippen molar-refractivity contribution >= 4 is 33.8 Å². The Morgan fingerprint density at radius 2 is 1.96 bits per heavy atom. The first-order valence-corrected chi connectivity index (χ1v) is 8.10. The van der Waals surface area contributed by atoms with Crippen LogP contribution >= 0.6 is 0 Å². The van der Waals surface area contributed by atoms with Crippen LogP contribution in [0.2, 0.25) is 0 Å². The largest absolute Gasteiger partial charge is 0.361 e. The van der Waals surface area contributed by atoms with Crippen molar-refractivity contribution in [2.45, 2.75) is 26.3 Å². The number of imidazole rings is 1.